The second-order valence-corrected chi connectivity index (χ2v) is 5.44. The van der Waals surface area contributed by atoms with Crippen LogP contribution in [-0.4, -0.2) is 47.7 Å². The number of pyridine rings is 1. The first-order valence-electron chi connectivity index (χ1n) is 6.60. The van der Waals surface area contributed by atoms with E-state index in [4.69, 9.17) is 4.74 Å². The summed E-state index contributed by atoms with van der Waals surface area (Å²) in [5.41, 5.74) is 0.935. The summed E-state index contributed by atoms with van der Waals surface area (Å²) in [6.07, 6.45) is 3.43. The Labute approximate surface area is 113 Å². The summed E-state index contributed by atoms with van der Waals surface area (Å²) in [4.78, 5) is 4.07. The van der Waals surface area contributed by atoms with E-state index in [-0.39, 0.29) is 5.41 Å². The molecule has 2 rings (SSSR count). The molecule has 2 unspecified atom stereocenters. The fourth-order valence-corrected chi connectivity index (χ4v) is 2.84. The maximum Gasteiger partial charge on any atom is 0.0806 e. The second kappa shape index (κ2) is 6.43. The highest BCUT2D eigenvalue weighted by molar-refractivity contribution is 5.08. The normalized spacial score (nSPS) is 30.7. The maximum absolute atomic E-state index is 9.73. The molecule has 0 aromatic carbocycles. The van der Waals surface area contributed by atoms with Gasteiger partial charge in [-0.1, -0.05) is 6.07 Å². The molecule has 1 aromatic heterocycles. The zero-order valence-corrected chi connectivity index (χ0v) is 11.2. The van der Waals surface area contributed by atoms with Gasteiger partial charge in [-0.2, -0.15) is 0 Å². The van der Waals surface area contributed by atoms with Crippen LogP contribution in [0.15, 0.2) is 24.5 Å². The van der Waals surface area contributed by atoms with E-state index in [0.717, 1.165) is 12.1 Å². The van der Waals surface area contributed by atoms with E-state index in [1.165, 1.54) is 0 Å². The third-order valence-electron chi connectivity index (χ3n) is 3.73. The summed E-state index contributed by atoms with van der Waals surface area (Å²) < 4.78 is 5.25. The van der Waals surface area contributed by atoms with Crippen molar-refractivity contribution in [1.82, 2.24) is 10.3 Å². The summed E-state index contributed by atoms with van der Waals surface area (Å²) >= 11 is 0. The van der Waals surface area contributed by atoms with Crippen LogP contribution in [0.3, 0.4) is 0 Å². The minimum atomic E-state index is -0.643. The van der Waals surface area contributed by atoms with Gasteiger partial charge >= 0.3 is 0 Å². The molecule has 1 saturated carbocycles. The summed E-state index contributed by atoms with van der Waals surface area (Å²) in [5, 5.41) is 22.8. The highest BCUT2D eigenvalue weighted by Crippen LogP contribution is 2.38. The maximum atomic E-state index is 9.73. The SMILES string of the molecule is COCC1(CNCc2cccnc2)CC(O)C(O)C1. The highest BCUT2D eigenvalue weighted by atomic mass is 16.5. The van der Waals surface area contributed by atoms with Gasteiger partial charge in [0, 0.05) is 38.0 Å². The van der Waals surface area contributed by atoms with E-state index in [0.29, 0.717) is 26.0 Å². The summed E-state index contributed by atoms with van der Waals surface area (Å²) in [6.45, 7) is 1.98. The summed E-state index contributed by atoms with van der Waals surface area (Å²) in [7, 11) is 1.65. The van der Waals surface area contributed by atoms with Gasteiger partial charge in [0.25, 0.3) is 0 Å². The van der Waals surface area contributed by atoms with Gasteiger partial charge in [0.2, 0.25) is 0 Å². The molecule has 0 bridgehead atoms. The van der Waals surface area contributed by atoms with Crippen LogP contribution in [0.25, 0.3) is 0 Å². The fourth-order valence-electron chi connectivity index (χ4n) is 2.84. The third-order valence-corrected chi connectivity index (χ3v) is 3.73. The number of ether oxygens (including phenoxy) is 1. The molecule has 0 spiro atoms. The molecule has 0 aliphatic heterocycles. The Morgan fingerprint density at radius 1 is 1.42 bits per heavy atom. The zero-order chi connectivity index (χ0) is 13.7. The molecule has 3 N–H and O–H groups in total. The topological polar surface area (TPSA) is 74.6 Å². The predicted molar refractivity (Wildman–Crippen MR) is 71.5 cm³/mol. The number of hydrogen-bond acceptors (Lipinski definition) is 5. The number of aliphatic hydroxyl groups excluding tert-OH is 2. The first kappa shape index (κ1) is 14.4. The van der Waals surface area contributed by atoms with E-state index in [1.807, 2.05) is 18.3 Å². The molecule has 1 aromatic rings. The number of hydrogen-bond donors (Lipinski definition) is 3. The Hall–Kier alpha value is -1.01. The first-order chi connectivity index (χ1) is 9.15. The summed E-state index contributed by atoms with van der Waals surface area (Å²) in [5.74, 6) is 0. The van der Waals surface area contributed by atoms with E-state index in [1.54, 1.807) is 13.3 Å². The largest absolute Gasteiger partial charge is 0.390 e. The molecule has 1 heterocycles. The van der Waals surface area contributed by atoms with E-state index < -0.39 is 12.2 Å². The van der Waals surface area contributed by atoms with Crippen molar-refractivity contribution in [1.29, 1.82) is 0 Å². The smallest absolute Gasteiger partial charge is 0.0806 e. The molecular weight excluding hydrogens is 244 g/mol. The van der Waals surface area contributed by atoms with Crippen molar-refractivity contribution in [3.8, 4) is 0 Å². The van der Waals surface area contributed by atoms with Crippen molar-refractivity contribution in [3.05, 3.63) is 30.1 Å². The monoisotopic (exact) mass is 266 g/mol. The van der Waals surface area contributed by atoms with Gasteiger partial charge < -0.3 is 20.3 Å². The predicted octanol–water partition coefficient (Wildman–Crippen LogP) is 0.320. The van der Waals surface area contributed by atoms with Crippen LogP contribution < -0.4 is 5.32 Å². The van der Waals surface area contributed by atoms with Crippen LogP contribution >= 0.6 is 0 Å². The molecule has 0 amide bonds. The molecule has 0 radical (unpaired) electrons. The number of methoxy groups -OCH3 is 1. The number of rotatable bonds is 6. The molecule has 0 saturated heterocycles. The van der Waals surface area contributed by atoms with E-state index in [2.05, 4.69) is 10.3 Å². The molecule has 1 aliphatic rings. The minimum absolute atomic E-state index is 0.185. The highest BCUT2D eigenvalue weighted by Gasteiger charge is 2.43. The van der Waals surface area contributed by atoms with Gasteiger partial charge in [0.1, 0.15) is 0 Å². The Morgan fingerprint density at radius 3 is 2.74 bits per heavy atom. The van der Waals surface area contributed by atoms with Crippen LogP contribution in [0.1, 0.15) is 18.4 Å². The van der Waals surface area contributed by atoms with Gasteiger partial charge in [-0.25, -0.2) is 0 Å². The van der Waals surface area contributed by atoms with Gasteiger partial charge in [0.15, 0.2) is 0 Å². The van der Waals surface area contributed by atoms with Crippen molar-refractivity contribution in [2.45, 2.75) is 31.6 Å². The van der Waals surface area contributed by atoms with Crippen molar-refractivity contribution in [3.63, 3.8) is 0 Å². The lowest BCUT2D eigenvalue weighted by Crippen LogP contribution is -2.36. The Kier molecular flexibility index (Phi) is 4.87. The van der Waals surface area contributed by atoms with Gasteiger partial charge in [0.05, 0.1) is 18.8 Å². The molecule has 106 valence electrons. The molecule has 5 nitrogen and oxygen atoms in total. The lowest BCUT2D eigenvalue weighted by molar-refractivity contribution is 0.0438. The molecule has 1 aliphatic carbocycles. The lowest BCUT2D eigenvalue weighted by atomic mass is 9.86. The Morgan fingerprint density at radius 2 is 2.16 bits per heavy atom. The van der Waals surface area contributed by atoms with Crippen molar-refractivity contribution in [2.75, 3.05) is 20.3 Å². The van der Waals surface area contributed by atoms with E-state index in [9.17, 15) is 10.2 Å². The van der Waals surface area contributed by atoms with Crippen LogP contribution in [0.4, 0.5) is 0 Å². The molecule has 19 heavy (non-hydrogen) atoms. The molecule has 1 fully saturated rings. The van der Waals surface area contributed by atoms with Gasteiger partial charge in [-0.15, -0.1) is 0 Å². The third kappa shape index (κ3) is 3.73. The van der Waals surface area contributed by atoms with Crippen LogP contribution in [0, 0.1) is 5.41 Å². The standard InChI is InChI=1S/C14H22N2O3/c1-19-10-14(5-12(17)13(18)6-14)9-16-8-11-3-2-4-15-7-11/h2-4,7,12-13,16-18H,5-6,8-10H2,1H3. The Bertz CT molecular complexity index is 376. The van der Waals surface area contributed by atoms with Crippen LogP contribution in [0.2, 0.25) is 0 Å². The van der Waals surface area contributed by atoms with Crippen molar-refractivity contribution in [2.24, 2.45) is 5.41 Å². The first-order valence-corrected chi connectivity index (χ1v) is 6.60. The molecule has 2 atom stereocenters. The quantitative estimate of drug-likeness (QED) is 0.691. The fraction of sp³-hybridized carbons (Fsp3) is 0.643. The van der Waals surface area contributed by atoms with Gasteiger partial charge in [-0.3, -0.25) is 4.98 Å². The number of nitrogens with one attached hydrogen (secondary N) is 1. The lowest BCUT2D eigenvalue weighted by Gasteiger charge is -2.28. The number of nitrogens with zero attached hydrogens (tertiary/aromatic N) is 1. The van der Waals surface area contributed by atoms with Gasteiger partial charge in [-0.05, 0) is 24.5 Å². The van der Waals surface area contributed by atoms with Crippen molar-refractivity contribution >= 4 is 0 Å². The number of aliphatic hydroxyl groups is 2. The van der Waals surface area contributed by atoms with Crippen molar-refractivity contribution < 1.29 is 14.9 Å². The average Bonchev–Trinajstić information content (AvgIpc) is 2.67. The average molecular weight is 266 g/mol. The van der Waals surface area contributed by atoms with Crippen LogP contribution in [-0.2, 0) is 11.3 Å². The Balaban J connectivity index is 1.88. The molecular formula is C14H22N2O3. The summed E-state index contributed by atoms with van der Waals surface area (Å²) in [6, 6.07) is 3.92. The van der Waals surface area contributed by atoms with E-state index >= 15 is 0 Å². The van der Waals surface area contributed by atoms with Crippen LogP contribution in [0.5, 0.6) is 0 Å². The second-order valence-electron chi connectivity index (χ2n) is 5.44. The number of aromatic nitrogens is 1. The minimum Gasteiger partial charge on any atom is -0.390 e. The molecule has 5 heteroatoms. The zero-order valence-electron chi connectivity index (χ0n) is 11.2.